The zero-order chi connectivity index (χ0) is 10.2. The monoisotopic (exact) mass is 192 g/mol. The van der Waals surface area contributed by atoms with E-state index in [1.54, 1.807) is 0 Å². The Morgan fingerprint density at radius 2 is 2.00 bits per heavy atom. The molecule has 14 heavy (non-hydrogen) atoms. The Bertz CT molecular complexity index is 267. The van der Waals surface area contributed by atoms with Gasteiger partial charge in [0.2, 0.25) is 0 Å². The normalized spacial score (nSPS) is 10.1. The summed E-state index contributed by atoms with van der Waals surface area (Å²) in [5, 5.41) is 0. The van der Waals surface area contributed by atoms with Gasteiger partial charge in [-0.1, -0.05) is 43.7 Å². The Labute approximate surface area is 84.9 Å². The number of rotatable bonds is 6. The van der Waals surface area contributed by atoms with Crippen LogP contribution in [0.5, 0.6) is 0 Å². The molecule has 0 fully saturated rings. The van der Waals surface area contributed by atoms with Gasteiger partial charge in [0.05, 0.1) is 0 Å². The molecule has 1 aromatic carbocycles. The Morgan fingerprint density at radius 3 is 2.64 bits per heavy atom. The summed E-state index contributed by atoms with van der Waals surface area (Å²) in [5.41, 5.74) is 0.726. The molecule has 1 aromatic rings. The first-order chi connectivity index (χ1) is 6.84. The van der Waals surface area contributed by atoms with Crippen molar-refractivity contribution in [1.82, 2.24) is 0 Å². The molecule has 0 aliphatic rings. The van der Waals surface area contributed by atoms with Crippen LogP contribution in [0.25, 0.3) is 0 Å². The Kier molecular flexibility index (Phi) is 4.94. The van der Waals surface area contributed by atoms with E-state index in [9.17, 15) is 4.79 Å². The lowest BCUT2D eigenvalue weighted by Gasteiger charge is -2.02. The smallest absolute Gasteiger partial charge is 0.188 e. The van der Waals surface area contributed by atoms with E-state index in [2.05, 4.69) is 6.92 Å². The predicted octanol–water partition coefficient (Wildman–Crippen LogP) is 2.69. The molecule has 2 heteroatoms. The lowest BCUT2D eigenvalue weighted by atomic mass is 10.1. The second kappa shape index (κ2) is 6.33. The van der Waals surface area contributed by atoms with Crippen LogP contribution in [0.1, 0.15) is 30.1 Å². The summed E-state index contributed by atoms with van der Waals surface area (Å²) in [6.45, 7) is 2.97. The quantitative estimate of drug-likeness (QED) is 0.511. The maximum Gasteiger partial charge on any atom is 0.188 e. The highest BCUT2D eigenvalue weighted by molar-refractivity contribution is 5.96. The molecule has 0 aromatic heterocycles. The first-order valence-electron chi connectivity index (χ1n) is 5.00. The van der Waals surface area contributed by atoms with Gasteiger partial charge in [-0.25, -0.2) is 0 Å². The van der Waals surface area contributed by atoms with E-state index >= 15 is 0 Å². The van der Waals surface area contributed by atoms with Gasteiger partial charge in [0.1, 0.15) is 6.61 Å². The van der Waals surface area contributed by atoms with Crippen LogP contribution >= 0.6 is 0 Å². The number of ketones is 1. The molecule has 0 saturated carbocycles. The highest BCUT2D eigenvalue weighted by Crippen LogP contribution is 2.00. The summed E-state index contributed by atoms with van der Waals surface area (Å²) in [4.78, 5) is 11.5. The van der Waals surface area contributed by atoms with Crippen molar-refractivity contribution in [3.8, 4) is 0 Å². The second-order valence-electron chi connectivity index (χ2n) is 3.20. The molecule has 2 nitrogen and oxygen atoms in total. The van der Waals surface area contributed by atoms with Crippen LogP contribution in [-0.2, 0) is 4.74 Å². The van der Waals surface area contributed by atoms with Crippen LogP contribution < -0.4 is 0 Å². The number of carbonyl (C=O) groups is 1. The van der Waals surface area contributed by atoms with Gasteiger partial charge in [0.15, 0.2) is 5.78 Å². The molecule has 76 valence electrons. The summed E-state index contributed by atoms with van der Waals surface area (Å²) < 4.78 is 5.24. The Hall–Kier alpha value is -1.15. The van der Waals surface area contributed by atoms with Crippen LogP contribution in [0.15, 0.2) is 30.3 Å². The van der Waals surface area contributed by atoms with Gasteiger partial charge in [0.25, 0.3) is 0 Å². The van der Waals surface area contributed by atoms with Crippen molar-refractivity contribution in [3.05, 3.63) is 35.9 Å². The number of unbranched alkanes of at least 4 members (excludes halogenated alkanes) is 1. The third-order valence-electron chi connectivity index (χ3n) is 1.97. The van der Waals surface area contributed by atoms with Crippen molar-refractivity contribution >= 4 is 5.78 Å². The van der Waals surface area contributed by atoms with Crippen molar-refractivity contribution in [2.24, 2.45) is 0 Å². The van der Waals surface area contributed by atoms with Crippen molar-refractivity contribution in [2.45, 2.75) is 19.8 Å². The largest absolute Gasteiger partial charge is 0.373 e. The number of hydrogen-bond acceptors (Lipinski definition) is 2. The van der Waals surface area contributed by atoms with E-state index in [0.717, 1.165) is 18.4 Å². The molecule has 0 radical (unpaired) electrons. The fourth-order valence-electron chi connectivity index (χ4n) is 1.12. The molecule has 0 N–H and O–H groups in total. The maximum atomic E-state index is 11.5. The number of benzene rings is 1. The average Bonchev–Trinajstić information content (AvgIpc) is 2.25. The van der Waals surface area contributed by atoms with E-state index < -0.39 is 0 Å². The summed E-state index contributed by atoms with van der Waals surface area (Å²) in [6, 6.07) is 9.24. The third kappa shape index (κ3) is 3.71. The standard InChI is InChI=1S/C12H16O2/c1-2-3-9-14-10-12(13)11-7-5-4-6-8-11/h4-8H,2-3,9-10H2,1H3. The van der Waals surface area contributed by atoms with Gasteiger partial charge in [-0.05, 0) is 6.42 Å². The maximum absolute atomic E-state index is 11.5. The lowest BCUT2D eigenvalue weighted by Crippen LogP contribution is -2.09. The Morgan fingerprint density at radius 1 is 1.29 bits per heavy atom. The van der Waals surface area contributed by atoms with E-state index in [1.807, 2.05) is 30.3 Å². The fraction of sp³-hybridized carbons (Fsp3) is 0.417. The lowest BCUT2D eigenvalue weighted by molar-refractivity contribution is 0.0754. The van der Waals surface area contributed by atoms with Gasteiger partial charge >= 0.3 is 0 Å². The number of Topliss-reactive ketones (excluding diaryl/α,β-unsaturated/α-hetero) is 1. The molecule has 0 amide bonds. The highest BCUT2D eigenvalue weighted by Gasteiger charge is 2.03. The number of hydrogen-bond donors (Lipinski definition) is 0. The predicted molar refractivity (Wildman–Crippen MR) is 56.5 cm³/mol. The highest BCUT2D eigenvalue weighted by atomic mass is 16.5. The van der Waals surface area contributed by atoms with Crippen molar-refractivity contribution in [2.75, 3.05) is 13.2 Å². The minimum absolute atomic E-state index is 0.0571. The first-order valence-corrected chi connectivity index (χ1v) is 5.00. The van der Waals surface area contributed by atoms with Crippen molar-refractivity contribution in [1.29, 1.82) is 0 Å². The molecule has 0 saturated heterocycles. The minimum Gasteiger partial charge on any atom is -0.373 e. The molecule has 0 aliphatic heterocycles. The zero-order valence-corrected chi connectivity index (χ0v) is 8.53. The second-order valence-corrected chi connectivity index (χ2v) is 3.20. The molecular weight excluding hydrogens is 176 g/mol. The minimum atomic E-state index is 0.0571. The fourth-order valence-corrected chi connectivity index (χ4v) is 1.12. The summed E-state index contributed by atoms with van der Waals surface area (Å²) >= 11 is 0. The number of ether oxygens (including phenoxy) is 1. The van der Waals surface area contributed by atoms with E-state index in [4.69, 9.17) is 4.74 Å². The van der Waals surface area contributed by atoms with E-state index in [0.29, 0.717) is 6.61 Å². The van der Waals surface area contributed by atoms with Crippen LogP contribution in [0.3, 0.4) is 0 Å². The van der Waals surface area contributed by atoms with E-state index in [1.165, 1.54) is 0 Å². The topological polar surface area (TPSA) is 26.3 Å². The zero-order valence-electron chi connectivity index (χ0n) is 8.53. The molecule has 0 unspecified atom stereocenters. The van der Waals surface area contributed by atoms with Gasteiger partial charge in [-0.15, -0.1) is 0 Å². The molecule has 0 spiro atoms. The van der Waals surface area contributed by atoms with Crippen LogP contribution in [0, 0.1) is 0 Å². The molecule has 0 atom stereocenters. The van der Waals surface area contributed by atoms with E-state index in [-0.39, 0.29) is 12.4 Å². The first kappa shape index (κ1) is 10.9. The molecule has 0 heterocycles. The van der Waals surface area contributed by atoms with Crippen molar-refractivity contribution < 1.29 is 9.53 Å². The van der Waals surface area contributed by atoms with Gasteiger partial charge in [-0.2, -0.15) is 0 Å². The van der Waals surface area contributed by atoms with Gasteiger partial charge in [-0.3, -0.25) is 4.79 Å². The molecule has 1 rings (SSSR count). The third-order valence-corrected chi connectivity index (χ3v) is 1.97. The van der Waals surface area contributed by atoms with Crippen LogP contribution in [-0.4, -0.2) is 19.0 Å². The van der Waals surface area contributed by atoms with Gasteiger partial charge < -0.3 is 4.74 Å². The summed E-state index contributed by atoms with van der Waals surface area (Å²) in [7, 11) is 0. The SMILES string of the molecule is CCCCOCC(=O)c1ccccc1. The number of carbonyl (C=O) groups excluding carboxylic acids is 1. The van der Waals surface area contributed by atoms with Gasteiger partial charge in [0, 0.05) is 12.2 Å². The summed E-state index contributed by atoms with van der Waals surface area (Å²) in [6.07, 6.45) is 2.11. The molecule has 0 aliphatic carbocycles. The molecule has 0 bridgehead atoms. The Balaban J connectivity index is 2.29. The van der Waals surface area contributed by atoms with Crippen LogP contribution in [0.2, 0.25) is 0 Å². The van der Waals surface area contributed by atoms with Crippen molar-refractivity contribution in [3.63, 3.8) is 0 Å². The summed E-state index contributed by atoms with van der Waals surface area (Å²) in [5.74, 6) is 0.0571. The molecular formula is C12H16O2. The van der Waals surface area contributed by atoms with Crippen LogP contribution in [0.4, 0.5) is 0 Å². The average molecular weight is 192 g/mol.